The van der Waals surface area contributed by atoms with E-state index < -0.39 is 0 Å². The van der Waals surface area contributed by atoms with Gasteiger partial charge >= 0.3 is 0 Å². The second-order valence-corrected chi connectivity index (χ2v) is 6.20. The van der Waals surface area contributed by atoms with Gasteiger partial charge in [0, 0.05) is 16.6 Å². The van der Waals surface area contributed by atoms with E-state index in [1.807, 2.05) is 55.5 Å². The lowest BCUT2D eigenvalue weighted by atomic mass is 10.1. The molecule has 0 aromatic heterocycles. The molecule has 0 aliphatic carbocycles. The van der Waals surface area contributed by atoms with Crippen LogP contribution in [-0.4, -0.2) is 11.9 Å². The summed E-state index contributed by atoms with van der Waals surface area (Å²) in [7, 11) is 0. The maximum Gasteiger partial charge on any atom is 0.282 e. The van der Waals surface area contributed by atoms with Crippen molar-refractivity contribution < 1.29 is 10.1 Å². The third-order valence-corrected chi connectivity index (χ3v) is 4.36. The second-order valence-electron chi connectivity index (χ2n) is 6.20. The quantitative estimate of drug-likeness (QED) is 0.743. The highest BCUT2D eigenvalue weighted by Crippen LogP contribution is 2.22. The first-order valence-corrected chi connectivity index (χ1v) is 8.33. The van der Waals surface area contributed by atoms with E-state index in [1.54, 1.807) is 0 Å². The van der Waals surface area contributed by atoms with Gasteiger partial charge in [-0.15, -0.1) is 0 Å². The number of nitrogens with two attached hydrogens (primary N) is 1. The van der Waals surface area contributed by atoms with E-state index in [1.165, 1.54) is 5.56 Å². The molecule has 0 saturated carbocycles. The highest BCUT2D eigenvalue weighted by molar-refractivity contribution is 6.03. The van der Waals surface area contributed by atoms with Crippen molar-refractivity contribution in [3.63, 3.8) is 0 Å². The molecule has 3 aromatic rings. The summed E-state index contributed by atoms with van der Waals surface area (Å²) in [4.78, 5) is 12.6. The Morgan fingerprint density at radius 1 is 0.875 bits per heavy atom. The summed E-state index contributed by atoms with van der Waals surface area (Å²) in [6.07, 6.45) is 0. The van der Waals surface area contributed by atoms with Gasteiger partial charge in [0.05, 0.1) is 0 Å². The molecule has 2 atom stereocenters. The van der Waals surface area contributed by atoms with Crippen LogP contribution in [0.15, 0.2) is 72.8 Å². The summed E-state index contributed by atoms with van der Waals surface area (Å²) < 4.78 is 0. The van der Waals surface area contributed by atoms with Crippen molar-refractivity contribution in [2.24, 2.45) is 0 Å². The molecule has 0 radical (unpaired) electrons. The molecule has 1 amide bonds. The number of quaternary nitrogens is 1. The Hall–Kier alpha value is -2.65. The van der Waals surface area contributed by atoms with Gasteiger partial charge in [-0.1, -0.05) is 66.7 Å². The number of nitrogens with one attached hydrogen (secondary N) is 1. The van der Waals surface area contributed by atoms with Crippen LogP contribution in [0.2, 0.25) is 0 Å². The van der Waals surface area contributed by atoms with E-state index in [0.717, 1.165) is 16.5 Å². The van der Waals surface area contributed by atoms with Crippen LogP contribution in [0.1, 0.15) is 25.5 Å². The molecule has 0 unspecified atom stereocenters. The molecule has 0 saturated heterocycles. The van der Waals surface area contributed by atoms with Crippen molar-refractivity contribution in [3.8, 4) is 0 Å². The number of fused-ring (bicyclic) bond motifs is 1. The maximum atomic E-state index is 12.6. The molecule has 3 aromatic carbocycles. The molecule has 0 bridgehead atoms. The Labute approximate surface area is 142 Å². The number of amides is 1. The van der Waals surface area contributed by atoms with Gasteiger partial charge in [-0.05, 0) is 25.3 Å². The molecule has 3 rings (SSSR count). The van der Waals surface area contributed by atoms with E-state index in [2.05, 4.69) is 41.8 Å². The third-order valence-electron chi connectivity index (χ3n) is 4.36. The summed E-state index contributed by atoms with van der Waals surface area (Å²) in [5, 5.41) is 7.36. The van der Waals surface area contributed by atoms with Crippen LogP contribution < -0.4 is 10.6 Å². The molecule has 0 spiro atoms. The van der Waals surface area contributed by atoms with Gasteiger partial charge in [0.15, 0.2) is 6.04 Å². The first-order chi connectivity index (χ1) is 11.6. The van der Waals surface area contributed by atoms with Crippen LogP contribution in [0.4, 0.5) is 5.69 Å². The summed E-state index contributed by atoms with van der Waals surface area (Å²) in [5.41, 5.74) is 2.09. The summed E-state index contributed by atoms with van der Waals surface area (Å²) >= 11 is 0. The highest BCUT2D eigenvalue weighted by Gasteiger charge is 2.20. The minimum atomic E-state index is -0.167. The number of carbonyl (C=O) groups is 1. The third kappa shape index (κ3) is 3.63. The zero-order valence-electron chi connectivity index (χ0n) is 14.1. The van der Waals surface area contributed by atoms with E-state index in [4.69, 9.17) is 0 Å². The average molecular weight is 319 g/mol. The van der Waals surface area contributed by atoms with Crippen molar-refractivity contribution in [1.29, 1.82) is 0 Å². The van der Waals surface area contributed by atoms with Gasteiger partial charge in [0.1, 0.15) is 6.04 Å². The second kappa shape index (κ2) is 7.28. The number of anilines is 1. The molecule has 3 N–H and O–H groups in total. The van der Waals surface area contributed by atoms with Gasteiger partial charge in [-0.25, -0.2) is 0 Å². The Morgan fingerprint density at radius 2 is 1.54 bits per heavy atom. The van der Waals surface area contributed by atoms with E-state index in [0.29, 0.717) is 0 Å². The lowest BCUT2D eigenvalue weighted by Gasteiger charge is -2.17. The van der Waals surface area contributed by atoms with Crippen LogP contribution in [0.25, 0.3) is 10.8 Å². The molecular formula is C21H23N2O+. The predicted octanol–water partition coefficient (Wildman–Crippen LogP) is 3.49. The number of benzene rings is 3. The van der Waals surface area contributed by atoms with Crippen LogP contribution in [0, 0.1) is 0 Å². The fourth-order valence-corrected chi connectivity index (χ4v) is 2.97. The summed E-state index contributed by atoms with van der Waals surface area (Å²) in [6.45, 7) is 4.07. The normalized spacial score (nSPS) is 13.4. The van der Waals surface area contributed by atoms with E-state index in [9.17, 15) is 4.79 Å². The Balaban J connectivity index is 1.70. The number of rotatable bonds is 5. The van der Waals surface area contributed by atoms with Crippen molar-refractivity contribution in [2.75, 3.05) is 5.32 Å². The smallest absolute Gasteiger partial charge is 0.282 e. The van der Waals surface area contributed by atoms with Crippen molar-refractivity contribution in [3.05, 3.63) is 78.4 Å². The first kappa shape index (κ1) is 16.2. The first-order valence-electron chi connectivity index (χ1n) is 8.33. The molecule has 0 fully saturated rings. The minimum absolute atomic E-state index is 0.0223. The SMILES string of the molecule is C[C@H]([NH2+][C@@H](C)c1ccccc1)C(=O)Nc1cccc2ccccc12. The zero-order chi connectivity index (χ0) is 16.9. The average Bonchev–Trinajstić information content (AvgIpc) is 2.62. The number of hydrogen-bond donors (Lipinski definition) is 2. The zero-order valence-corrected chi connectivity index (χ0v) is 14.1. The van der Waals surface area contributed by atoms with Gasteiger partial charge in [0.25, 0.3) is 5.91 Å². The Bertz CT molecular complexity index is 824. The fraction of sp³-hybridized carbons (Fsp3) is 0.190. The van der Waals surface area contributed by atoms with Crippen LogP contribution >= 0.6 is 0 Å². The van der Waals surface area contributed by atoms with Gasteiger partial charge in [-0.3, -0.25) is 4.79 Å². The van der Waals surface area contributed by atoms with Crippen molar-refractivity contribution in [2.45, 2.75) is 25.9 Å². The van der Waals surface area contributed by atoms with E-state index in [-0.39, 0.29) is 18.0 Å². The van der Waals surface area contributed by atoms with Gasteiger partial charge in [0.2, 0.25) is 0 Å². The lowest BCUT2D eigenvalue weighted by Crippen LogP contribution is -2.91. The fourth-order valence-electron chi connectivity index (χ4n) is 2.97. The number of carbonyl (C=O) groups excluding carboxylic acids is 1. The molecule has 24 heavy (non-hydrogen) atoms. The van der Waals surface area contributed by atoms with Gasteiger partial charge in [-0.2, -0.15) is 0 Å². The van der Waals surface area contributed by atoms with Crippen LogP contribution in [0.5, 0.6) is 0 Å². The van der Waals surface area contributed by atoms with Gasteiger partial charge < -0.3 is 10.6 Å². The maximum absolute atomic E-state index is 12.6. The van der Waals surface area contributed by atoms with Crippen LogP contribution in [0.3, 0.4) is 0 Å². The molecule has 0 heterocycles. The molecular weight excluding hydrogens is 296 g/mol. The molecule has 3 nitrogen and oxygen atoms in total. The standard InChI is InChI=1S/C21H22N2O/c1-15(17-9-4-3-5-10-17)22-16(2)21(24)23-20-14-8-12-18-11-6-7-13-19(18)20/h3-16,22H,1-2H3,(H,23,24)/p+1/t15-,16-/m0/s1. The highest BCUT2D eigenvalue weighted by atomic mass is 16.2. The Kier molecular flexibility index (Phi) is 4.92. The lowest BCUT2D eigenvalue weighted by molar-refractivity contribution is -0.709. The Morgan fingerprint density at radius 3 is 2.33 bits per heavy atom. The summed E-state index contributed by atoms with van der Waals surface area (Å²) in [5.74, 6) is 0.0223. The monoisotopic (exact) mass is 319 g/mol. The predicted molar refractivity (Wildman–Crippen MR) is 98.8 cm³/mol. The molecule has 3 heteroatoms. The molecule has 0 aliphatic heterocycles. The minimum Gasteiger partial charge on any atom is -0.330 e. The van der Waals surface area contributed by atoms with E-state index >= 15 is 0 Å². The number of hydrogen-bond acceptors (Lipinski definition) is 1. The molecule has 0 aliphatic rings. The topological polar surface area (TPSA) is 45.7 Å². The largest absolute Gasteiger partial charge is 0.330 e. The van der Waals surface area contributed by atoms with Crippen molar-refractivity contribution >= 4 is 22.4 Å². The summed E-state index contributed by atoms with van der Waals surface area (Å²) in [6, 6.07) is 24.4. The molecule has 122 valence electrons. The van der Waals surface area contributed by atoms with Crippen LogP contribution in [-0.2, 0) is 4.79 Å². The van der Waals surface area contributed by atoms with Crippen molar-refractivity contribution in [1.82, 2.24) is 0 Å².